The van der Waals surface area contributed by atoms with Crippen LogP contribution in [0.4, 0.5) is 5.95 Å². The van der Waals surface area contributed by atoms with Crippen LogP contribution in [0.2, 0.25) is 0 Å². The number of anilines is 1. The first kappa shape index (κ1) is 18.8. The highest BCUT2D eigenvalue weighted by atomic mass is 17.0. The first-order valence-corrected chi connectivity index (χ1v) is 8.47. The Kier molecular flexibility index (Phi) is 5.14. The highest BCUT2D eigenvalue weighted by molar-refractivity contribution is 5.69. The number of nitro groups is 1. The van der Waals surface area contributed by atoms with Gasteiger partial charge in [-0.15, -0.1) is 9.58 Å². The van der Waals surface area contributed by atoms with Gasteiger partial charge in [0.25, 0.3) is 5.95 Å². The second kappa shape index (κ2) is 7.36. The van der Waals surface area contributed by atoms with E-state index in [4.69, 9.17) is 9.47 Å². The maximum Gasteiger partial charge on any atom is 0.304 e. The van der Waals surface area contributed by atoms with Gasteiger partial charge in [0.2, 0.25) is 12.1 Å². The third kappa shape index (κ3) is 3.78. The molecule has 13 nitrogen and oxygen atoms in total. The van der Waals surface area contributed by atoms with E-state index in [2.05, 4.69) is 27.2 Å². The van der Waals surface area contributed by atoms with Gasteiger partial charge in [-0.3, -0.25) is 4.79 Å². The van der Waals surface area contributed by atoms with Crippen LogP contribution in [-0.4, -0.2) is 43.8 Å². The number of H-pyrrole nitrogens is 1. The Balaban J connectivity index is 0.000000177. The Morgan fingerprint density at radius 3 is 2.70 bits per heavy atom. The molecule has 0 radical (unpaired) electrons. The Hall–Kier alpha value is -2.93. The van der Waals surface area contributed by atoms with Gasteiger partial charge >= 0.3 is 5.56 Å². The lowest BCUT2D eigenvalue weighted by Gasteiger charge is -2.08. The smallest absolute Gasteiger partial charge is 0.304 e. The third-order valence-corrected chi connectivity index (χ3v) is 4.27. The molecule has 13 heteroatoms. The van der Waals surface area contributed by atoms with E-state index >= 15 is 0 Å². The number of unbranched alkanes of at least 4 members (excludes halogenated alkanes) is 3. The first-order valence-electron chi connectivity index (χ1n) is 8.47. The summed E-state index contributed by atoms with van der Waals surface area (Å²) in [6.07, 6.45) is 7.78. The molecule has 0 spiro atoms. The summed E-state index contributed by atoms with van der Waals surface area (Å²) in [5.41, 5.74) is -0.935. The summed E-state index contributed by atoms with van der Waals surface area (Å²) in [6, 6.07) is 0. The third-order valence-electron chi connectivity index (χ3n) is 4.27. The van der Waals surface area contributed by atoms with Gasteiger partial charge in [-0.25, -0.2) is 15.1 Å². The largest absolute Gasteiger partial charge is 0.339 e. The molecule has 0 saturated carbocycles. The summed E-state index contributed by atoms with van der Waals surface area (Å²) in [5.74, 6) is -0.553. The van der Waals surface area contributed by atoms with Gasteiger partial charge in [0.15, 0.2) is 16.2 Å². The van der Waals surface area contributed by atoms with Gasteiger partial charge in [0, 0.05) is 6.42 Å². The van der Waals surface area contributed by atoms with Crippen molar-refractivity contribution in [3.8, 4) is 0 Å². The van der Waals surface area contributed by atoms with Crippen molar-refractivity contribution in [3.63, 3.8) is 0 Å². The van der Waals surface area contributed by atoms with Crippen molar-refractivity contribution >= 4 is 17.1 Å². The van der Waals surface area contributed by atoms with Crippen LogP contribution in [0.3, 0.4) is 0 Å². The van der Waals surface area contributed by atoms with Crippen molar-refractivity contribution in [3.05, 3.63) is 31.7 Å². The number of aromatic nitrogens is 4. The molecule has 0 amide bonds. The molecule has 2 saturated heterocycles. The highest BCUT2D eigenvalue weighted by Crippen LogP contribution is 2.59. The van der Waals surface area contributed by atoms with Gasteiger partial charge in [-0.1, -0.05) is 31.2 Å². The van der Waals surface area contributed by atoms with Crippen LogP contribution in [0.5, 0.6) is 0 Å². The summed E-state index contributed by atoms with van der Waals surface area (Å²) in [6.45, 7) is 2.22. The van der Waals surface area contributed by atoms with E-state index in [0.29, 0.717) is 5.01 Å². The van der Waals surface area contributed by atoms with Crippen molar-refractivity contribution in [1.29, 1.82) is 0 Å². The number of ether oxygens (including phenoxy) is 2. The molecule has 146 valence electrons. The quantitative estimate of drug-likeness (QED) is 0.233. The van der Waals surface area contributed by atoms with Crippen LogP contribution in [0.1, 0.15) is 39.0 Å². The monoisotopic (exact) mass is 381 g/mol. The van der Waals surface area contributed by atoms with E-state index in [1.54, 1.807) is 0 Å². The van der Waals surface area contributed by atoms with Crippen LogP contribution in [0.25, 0.3) is 11.2 Å². The lowest BCUT2D eigenvalue weighted by atomic mass is 10.1. The molecular weight excluding hydrogens is 362 g/mol. The number of imidazole rings is 1. The van der Waals surface area contributed by atoms with Crippen LogP contribution in [0.15, 0.2) is 16.4 Å². The van der Waals surface area contributed by atoms with E-state index in [1.807, 2.05) is 0 Å². The predicted molar refractivity (Wildman–Crippen MR) is 92.2 cm³/mol. The number of nitroso groups, excluding NO2 is 1. The molecule has 0 aromatic carbocycles. The number of epoxide rings is 2. The Morgan fingerprint density at radius 2 is 2.15 bits per heavy atom. The zero-order chi connectivity index (χ0) is 19.6. The molecule has 0 unspecified atom stereocenters. The number of hydrogen-bond acceptors (Lipinski definition) is 9. The lowest BCUT2D eigenvalue weighted by Crippen LogP contribution is -2.32. The number of nitrogens with one attached hydrogen (secondary N) is 1. The van der Waals surface area contributed by atoms with Crippen molar-refractivity contribution in [2.75, 3.05) is 12.1 Å². The molecule has 1 N–H and O–H groups in total. The van der Waals surface area contributed by atoms with Gasteiger partial charge < -0.3 is 14.5 Å². The second-order valence-corrected chi connectivity index (χ2v) is 6.16. The van der Waals surface area contributed by atoms with Crippen molar-refractivity contribution in [1.82, 2.24) is 19.6 Å². The molecule has 2 aliphatic heterocycles. The van der Waals surface area contributed by atoms with Crippen molar-refractivity contribution < 1.29 is 14.5 Å². The molecule has 0 aliphatic carbocycles. The lowest BCUT2D eigenvalue weighted by molar-refractivity contribution is -0.491. The van der Waals surface area contributed by atoms with Crippen LogP contribution < -0.4 is 10.6 Å². The fourth-order valence-electron chi connectivity index (χ4n) is 2.56. The number of hydrogen-bond donors (Lipinski definition) is 1. The summed E-state index contributed by atoms with van der Waals surface area (Å²) < 4.78 is 10.6. The Morgan fingerprint density at radius 1 is 1.44 bits per heavy atom. The molecule has 0 bridgehead atoms. The van der Waals surface area contributed by atoms with E-state index in [9.17, 15) is 19.8 Å². The molecule has 4 heterocycles. The molecule has 27 heavy (non-hydrogen) atoms. The number of aromatic amines is 1. The predicted octanol–water partition coefficient (Wildman–Crippen LogP) is 1.32. The molecule has 2 aromatic rings. The first-order chi connectivity index (χ1) is 12.9. The van der Waals surface area contributed by atoms with Gasteiger partial charge in [-0.2, -0.15) is 4.98 Å². The average Bonchev–Trinajstić information content (AvgIpc) is 3.43. The summed E-state index contributed by atoms with van der Waals surface area (Å²) in [5, 5.41) is 12.5. The fourth-order valence-corrected chi connectivity index (χ4v) is 2.56. The molecular formula is C14H19N7O6. The Labute approximate surface area is 152 Å². The van der Waals surface area contributed by atoms with E-state index in [1.165, 1.54) is 32.0 Å². The summed E-state index contributed by atoms with van der Waals surface area (Å²) in [7, 11) is 1.03. The standard InChI is InChI=1S/C8H14O2.C6H5N7O4/c1-2-3-4-5-6-8-7(9-8)10-8;1-11(13(16)17)6-9-4-3(7-2-8-4)5(14)12(6)10-15/h7H,2-6H2,1H3;2H,1H3,(H,7,8). The van der Waals surface area contributed by atoms with Gasteiger partial charge in [-0.05, 0) is 6.42 Å². The van der Waals surface area contributed by atoms with Gasteiger partial charge in [0.1, 0.15) is 0 Å². The topological polar surface area (TPSA) is 164 Å². The number of nitrogens with zero attached hydrogens (tertiary/aromatic N) is 6. The van der Waals surface area contributed by atoms with Crippen molar-refractivity contribution in [2.24, 2.45) is 5.29 Å². The van der Waals surface area contributed by atoms with Crippen LogP contribution in [-0.2, 0) is 9.47 Å². The number of rotatable bonds is 8. The number of fused-ring (bicyclic) bond motifs is 2. The molecule has 0 atom stereocenters. The maximum absolute atomic E-state index is 11.7. The van der Waals surface area contributed by atoms with Crippen LogP contribution >= 0.6 is 0 Å². The minimum Gasteiger partial charge on any atom is -0.339 e. The molecule has 4 rings (SSSR count). The average molecular weight is 381 g/mol. The molecule has 2 fully saturated rings. The fraction of sp³-hybridized carbons (Fsp3) is 0.643. The zero-order valence-corrected chi connectivity index (χ0v) is 14.8. The zero-order valence-electron chi connectivity index (χ0n) is 14.8. The van der Waals surface area contributed by atoms with Crippen LogP contribution in [0, 0.1) is 15.0 Å². The minimum atomic E-state index is -0.855. The maximum atomic E-state index is 11.7. The van der Waals surface area contributed by atoms with E-state index < -0.39 is 16.5 Å². The SMILES string of the molecule is CCCCCCC12OC1O2.CN(c1nc2nc[nH]c2c(=O)n1N=O)[N+](=O)[O-]. The van der Waals surface area contributed by atoms with Gasteiger partial charge in [0.05, 0.1) is 18.7 Å². The van der Waals surface area contributed by atoms with Crippen molar-refractivity contribution in [2.45, 2.75) is 51.1 Å². The minimum absolute atomic E-state index is 0.0291. The molecule has 2 aromatic heterocycles. The second-order valence-electron chi connectivity index (χ2n) is 6.16. The summed E-state index contributed by atoms with van der Waals surface area (Å²) >= 11 is 0. The summed E-state index contributed by atoms with van der Waals surface area (Å²) in [4.78, 5) is 42.6. The van der Waals surface area contributed by atoms with E-state index in [0.717, 1.165) is 13.5 Å². The normalized spacial score (nSPS) is 21.8. The van der Waals surface area contributed by atoms with E-state index in [-0.39, 0.29) is 27.9 Å². The highest BCUT2D eigenvalue weighted by Gasteiger charge is 2.76. The number of hydrazine groups is 1. The molecule has 2 aliphatic rings. The Bertz CT molecular complexity index is 903.